The number of hydrogen-bond acceptors (Lipinski definition) is 5. The highest BCUT2D eigenvalue weighted by Crippen LogP contribution is 2.36. The van der Waals surface area contributed by atoms with Crippen LogP contribution in [0.4, 0.5) is 9.59 Å². The quantitative estimate of drug-likeness (QED) is 0.681. The molecule has 162 valence electrons. The monoisotopic (exact) mass is 408 g/mol. The van der Waals surface area contributed by atoms with Crippen molar-refractivity contribution in [2.75, 3.05) is 13.1 Å². The van der Waals surface area contributed by atoms with Crippen LogP contribution in [0, 0.1) is 11.8 Å². The molecule has 9 nitrogen and oxygen atoms in total. The first-order valence-corrected chi connectivity index (χ1v) is 10.5. The van der Waals surface area contributed by atoms with E-state index in [9.17, 15) is 19.2 Å². The number of imide groups is 1. The molecule has 29 heavy (non-hydrogen) atoms. The summed E-state index contributed by atoms with van der Waals surface area (Å²) in [6, 6.07) is -0.585. The summed E-state index contributed by atoms with van der Waals surface area (Å²) in [4.78, 5) is 51.8. The molecule has 1 aliphatic carbocycles. The second kappa shape index (κ2) is 7.84. The Kier molecular flexibility index (Phi) is 5.78. The zero-order chi connectivity index (χ0) is 21.4. The lowest BCUT2D eigenvalue weighted by Gasteiger charge is -2.34. The van der Waals surface area contributed by atoms with Gasteiger partial charge in [-0.25, -0.2) is 9.59 Å². The van der Waals surface area contributed by atoms with Gasteiger partial charge in [0.1, 0.15) is 11.1 Å². The van der Waals surface area contributed by atoms with E-state index in [2.05, 4.69) is 17.7 Å². The Morgan fingerprint density at radius 2 is 1.83 bits per heavy atom. The van der Waals surface area contributed by atoms with Gasteiger partial charge >= 0.3 is 12.1 Å². The summed E-state index contributed by atoms with van der Waals surface area (Å²) in [5.41, 5.74) is 0.983. The molecule has 5 amide bonds. The van der Waals surface area contributed by atoms with Crippen LogP contribution in [0.3, 0.4) is 0 Å². The Morgan fingerprint density at radius 1 is 1.17 bits per heavy atom. The molecule has 9 heteroatoms. The van der Waals surface area contributed by atoms with Crippen molar-refractivity contribution >= 4 is 23.9 Å². The molecule has 2 aliphatic heterocycles. The molecule has 0 aromatic rings. The highest BCUT2D eigenvalue weighted by Gasteiger charge is 2.53. The number of nitrogens with one attached hydrogen (secondary N) is 2. The van der Waals surface area contributed by atoms with Crippen molar-refractivity contribution in [3.63, 3.8) is 0 Å². The summed E-state index contributed by atoms with van der Waals surface area (Å²) in [5.74, 6) is -0.791. The number of hydrogen-bond donors (Lipinski definition) is 2. The fourth-order valence-corrected chi connectivity index (χ4v) is 4.20. The third-order valence-electron chi connectivity index (χ3n) is 5.96. The number of rotatable bonds is 2. The predicted molar refractivity (Wildman–Crippen MR) is 104 cm³/mol. The SMILES string of the molecule is CC1CCC2(CC1)NC(=O)N(NC(=O)C1CCCN(C(=O)OC(C)(C)C)C1)C2=O. The zero-order valence-corrected chi connectivity index (χ0v) is 17.7. The Labute approximate surface area is 171 Å². The molecule has 3 aliphatic rings. The number of amides is 5. The minimum absolute atomic E-state index is 0.201. The van der Waals surface area contributed by atoms with Gasteiger partial charge in [-0.1, -0.05) is 6.92 Å². The van der Waals surface area contributed by atoms with Crippen LogP contribution in [-0.4, -0.2) is 58.1 Å². The summed E-state index contributed by atoms with van der Waals surface area (Å²) < 4.78 is 5.38. The maximum Gasteiger partial charge on any atom is 0.410 e. The van der Waals surface area contributed by atoms with E-state index in [-0.39, 0.29) is 12.5 Å². The van der Waals surface area contributed by atoms with Crippen molar-refractivity contribution in [3.8, 4) is 0 Å². The lowest BCUT2D eigenvalue weighted by atomic mass is 9.77. The average molecular weight is 408 g/mol. The van der Waals surface area contributed by atoms with Crippen LogP contribution >= 0.6 is 0 Å². The normalized spacial score (nSPS) is 30.3. The van der Waals surface area contributed by atoms with Crippen molar-refractivity contribution in [1.82, 2.24) is 20.7 Å². The molecule has 2 N–H and O–H groups in total. The average Bonchev–Trinajstić information content (AvgIpc) is 2.87. The van der Waals surface area contributed by atoms with Crippen LogP contribution in [0.1, 0.15) is 66.2 Å². The first kappa shape index (κ1) is 21.4. The van der Waals surface area contributed by atoms with Crippen molar-refractivity contribution in [1.29, 1.82) is 0 Å². The second-order valence-corrected chi connectivity index (χ2v) is 9.58. The largest absolute Gasteiger partial charge is 0.444 e. The predicted octanol–water partition coefficient (Wildman–Crippen LogP) is 2.17. The van der Waals surface area contributed by atoms with Gasteiger partial charge in [0.25, 0.3) is 5.91 Å². The summed E-state index contributed by atoms with van der Waals surface area (Å²) in [5, 5.41) is 3.61. The first-order valence-electron chi connectivity index (χ1n) is 10.5. The van der Waals surface area contributed by atoms with Gasteiger partial charge in [-0.2, -0.15) is 5.01 Å². The van der Waals surface area contributed by atoms with E-state index in [1.165, 1.54) is 4.90 Å². The summed E-state index contributed by atoms with van der Waals surface area (Å²) in [6.45, 7) is 8.22. The fourth-order valence-electron chi connectivity index (χ4n) is 4.20. The molecule has 1 saturated carbocycles. The smallest absolute Gasteiger partial charge is 0.410 e. The number of hydrazine groups is 1. The Bertz CT molecular complexity index is 693. The van der Waals surface area contributed by atoms with E-state index in [1.54, 1.807) is 20.8 Å². The van der Waals surface area contributed by atoms with Crippen molar-refractivity contribution < 1.29 is 23.9 Å². The molecule has 1 atom stereocenters. The van der Waals surface area contributed by atoms with E-state index in [0.29, 0.717) is 38.1 Å². The standard InChI is InChI=1S/C20H32N4O5/c1-13-7-9-20(10-8-13)16(26)24(17(27)21-20)22-15(25)14-6-5-11-23(12-14)18(28)29-19(2,3)4/h13-14H,5-12H2,1-4H3,(H,21,27)(H,22,25). The van der Waals surface area contributed by atoms with Crippen LogP contribution < -0.4 is 10.7 Å². The van der Waals surface area contributed by atoms with Gasteiger partial charge in [-0.05, 0) is 65.2 Å². The molecule has 2 heterocycles. The number of nitrogens with zero attached hydrogens (tertiary/aromatic N) is 2. The highest BCUT2D eigenvalue weighted by atomic mass is 16.6. The van der Waals surface area contributed by atoms with Crippen LogP contribution in [0.15, 0.2) is 0 Å². The van der Waals surface area contributed by atoms with Gasteiger partial charge < -0.3 is 15.0 Å². The van der Waals surface area contributed by atoms with Crippen molar-refractivity contribution in [3.05, 3.63) is 0 Å². The number of carbonyl (C=O) groups is 4. The van der Waals surface area contributed by atoms with Crippen LogP contribution in [0.5, 0.6) is 0 Å². The molecule has 1 spiro atoms. The van der Waals surface area contributed by atoms with Gasteiger partial charge in [-0.3, -0.25) is 15.0 Å². The Hall–Kier alpha value is -2.32. The number of likely N-dealkylation sites (tertiary alicyclic amines) is 1. The number of ether oxygens (including phenoxy) is 1. The molecule has 0 aromatic carbocycles. The number of urea groups is 1. The van der Waals surface area contributed by atoms with Gasteiger partial charge in [0.2, 0.25) is 5.91 Å². The molecule has 3 rings (SSSR count). The minimum Gasteiger partial charge on any atom is -0.444 e. The van der Waals surface area contributed by atoms with E-state index < -0.39 is 35.1 Å². The molecule has 0 bridgehead atoms. The van der Waals surface area contributed by atoms with E-state index >= 15 is 0 Å². The maximum absolute atomic E-state index is 12.9. The van der Waals surface area contributed by atoms with Crippen LogP contribution in [0.25, 0.3) is 0 Å². The molecule has 2 saturated heterocycles. The van der Waals surface area contributed by atoms with E-state index in [0.717, 1.165) is 17.9 Å². The molecule has 0 aromatic heterocycles. The maximum atomic E-state index is 12.9. The minimum atomic E-state index is -0.897. The van der Waals surface area contributed by atoms with Crippen LogP contribution in [0.2, 0.25) is 0 Å². The Morgan fingerprint density at radius 3 is 2.45 bits per heavy atom. The summed E-state index contributed by atoms with van der Waals surface area (Å²) in [7, 11) is 0. The molecule has 1 unspecified atom stereocenters. The highest BCUT2D eigenvalue weighted by molar-refractivity contribution is 6.08. The van der Waals surface area contributed by atoms with Crippen molar-refractivity contribution in [2.45, 2.75) is 77.4 Å². The fraction of sp³-hybridized carbons (Fsp3) is 0.800. The number of piperidine rings is 1. The molecular weight excluding hydrogens is 376 g/mol. The van der Waals surface area contributed by atoms with Gasteiger partial charge in [0, 0.05) is 13.1 Å². The summed E-state index contributed by atoms with van der Waals surface area (Å²) in [6.07, 6.45) is 3.67. The topological polar surface area (TPSA) is 108 Å². The molecular formula is C20H32N4O5. The van der Waals surface area contributed by atoms with Gasteiger partial charge in [-0.15, -0.1) is 0 Å². The van der Waals surface area contributed by atoms with E-state index in [4.69, 9.17) is 4.74 Å². The Balaban J connectivity index is 1.60. The second-order valence-electron chi connectivity index (χ2n) is 9.58. The molecule has 0 radical (unpaired) electrons. The van der Waals surface area contributed by atoms with Crippen molar-refractivity contribution in [2.24, 2.45) is 11.8 Å². The molecule has 3 fully saturated rings. The lowest BCUT2D eigenvalue weighted by Crippen LogP contribution is -2.54. The van der Waals surface area contributed by atoms with E-state index in [1.807, 2.05) is 0 Å². The van der Waals surface area contributed by atoms with Crippen LogP contribution in [-0.2, 0) is 14.3 Å². The zero-order valence-electron chi connectivity index (χ0n) is 17.7. The summed E-state index contributed by atoms with van der Waals surface area (Å²) >= 11 is 0. The third-order valence-corrected chi connectivity index (χ3v) is 5.96. The van der Waals surface area contributed by atoms with Gasteiger partial charge in [0.05, 0.1) is 5.92 Å². The third kappa shape index (κ3) is 4.64. The number of carbonyl (C=O) groups excluding carboxylic acids is 4. The van der Waals surface area contributed by atoms with Gasteiger partial charge in [0.15, 0.2) is 0 Å². The lowest BCUT2D eigenvalue weighted by molar-refractivity contribution is -0.142. The first-order chi connectivity index (χ1) is 13.5.